The number of amides is 2. The first-order valence-corrected chi connectivity index (χ1v) is 10.1. The van der Waals surface area contributed by atoms with Gasteiger partial charge >= 0.3 is 0 Å². The average molecular weight is 449 g/mol. The highest BCUT2D eigenvalue weighted by atomic mass is 32.2. The van der Waals surface area contributed by atoms with Crippen LogP contribution in [0.3, 0.4) is 0 Å². The van der Waals surface area contributed by atoms with Crippen LogP contribution in [0.4, 0.5) is 18.9 Å². The predicted molar refractivity (Wildman–Crippen MR) is 109 cm³/mol. The smallest absolute Gasteiger partial charge is 0.252 e. The van der Waals surface area contributed by atoms with Crippen LogP contribution in [-0.4, -0.2) is 23.5 Å². The van der Waals surface area contributed by atoms with Crippen molar-refractivity contribution in [2.75, 3.05) is 11.9 Å². The van der Waals surface area contributed by atoms with Crippen LogP contribution in [0.2, 0.25) is 0 Å². The van der Waals surface area contributed by atoms with E-state index in [0.717, 1.165) is 17.3 Å². The standard InChI is InChI=1S/C21H18F3N3O3S/c1-11-14(12(2)30-27-11)10-31-17-6-4-3-5-13(17)21(29)25-9-18(28)26-16-8-7-15(22)19(23)20(16)24/h3-8H,9-10H2,1-2H3,(H,25,29)(H,26,28). The van der Waals surface area contributed by atoms with Crippen molar-refractivity contribution in [3.63, 3.8) is 0 Å². The molecule has 10 heteroatoms. The summed E-state index contributed by atoms with van der Waals surface area (Å²) >= 11 is 1.42. The van der Waals surface area contributed by atoms with Gasteiger partial charge in [0.1, 0.15) is 5.76 Å². The van der Waals surface area contributed by atoms with E-state index in [1.807, 2.05) is 13.8 Å². The van der Waals surface area contributed by atoms with Crippen LogP contribution in [0.25, 0.3) is 0 Å². The fourth-order valence-corrected chi connectivity index (χ4v) is 3.91. The quantitative estimate of drug-likeness (QED) is 0.413. The number of benzene rings is 2. The minimum Gasteiger partial charge on any atom is -0.361 e. The van der Waals surface area contributed by atoms with E-state index in [4.69, 9.17) is 4.52 Å². The Balaban J connectivity index is 1.62. The van der Waals surface area contributed by atoms with E-state index < -0.39 is 41.5 Å². The molecule has 2 N–H and O–H groups in total. The predicted octanol–water partition coefficient (Wildman–Crippen LogP) is 4.37. The number of nitrogens with zero attached hydrogens (tertiary/aromatic N) is 1. The van der Waals surface area contributed by atoms with E-state index in [0.29, 0.717) is 28.0 Å². The molecule has 2 aromatic carbocycles. The Hall–Kier alpha value is -3.27. The summed E-state index contributed by atoms with van der Waals surface area (Å²) in [7, 11) is 0. The van der Waals surface area contributed by atoms with E-state index in [1.54, 1.807) is 24.3 Å². The number of aromatic nitrogens is 1. The molecule has 3 rings (SSSR count). The highest BCUT2D eigenvalue weighted by Gasteiger charge is 2.17. The maximum Gasteiger partial charge on any atom is 0.252 e. The van der Waals surface area contributed by atoms with Crippen LogP contribution in [0.5, 0.6) is 0 Å². The number of carbonyl (C=O) groups excluding carboxylic acids is 2. The lowest BCUT2D eigenvalue weighted by Gasteiger charge is -2.11. The van der Waals surface area contributed by atoms with Gasteiger partial charge in [0, 0.05) is 16.2 Å². The van der Waals surface area contributed by atoms with E-state index in [-0.39, 0.29) is 0 Å². The van der Waals surface area contributed by atoms with Gasteiger partial charge < -0.3 is 15.2 Å². The van der Waals surface area contributed by atoms with Gasteiger partial charge in [-0.25, -0.2) is 13.2 Å². The number of hydrogen-bond donors (Lipinski definition) is 2. The fourth-order valence-electron chi connectivity index (χ4n) is 2.71. The monoisotopic (exact) mass is 449 g/mol. The number of nitrogens with one attached hydrogen (secondary N) is 2. The third-order valence-corrected chi connectivity index (χ3v) is 5.50. The van der Waals surface area contributed by atoms with E-state index >= 15 is 0 Å². The van der Waals surface area contributed by atoms with Gasteiger partial charge in [0.25, 0.3) is 5.91 Å². The summed E-state index contributed by atoms with van der Waals surface area (Å²) in [6, 6.07) is 8.44. The van der Waals surface area contributed by atoms with Crippen molar-refractivity contribution in [2.45, 2.75) is 24.5 Å². The number of rotatable bonds is 7. The van der Waals surface area contributed by atoms with Crippen molar-refractivity contribution in [3.8, 4) is 0 Å². The molecule has 0 radical (unpaired) electrons. The normalized spacial score (nSPS) is 10.7. The van der Waals surface area contributed by atoms with Gasteiger partial charge in [-0.05, 0) is 38.1 Å². The number of hydrogen-bond acceptors (Lipinski definition) is 5. The van der Waals surface area contributed by atoms with Crippen LogP contribution in [0.1, 0.15) is 27.4 Å². The summed E-state index contributed by atoms with van der Waals surface area (Å²) in [4.78, 5) is 25.3. The van der Waals surface area contributed by atoms with Crippen molar-refractivity contribution in [1.82, 2.24) is 10.5 Å². The molecule has 31 heavy (non-hydrogen) atoms. The molecule has 3 aromatic rings. The molecule has 0 aliphatic heterocycles. The second kappa shape index (κ2) is 9.69. The van der Waals surface area contributed by atoms with Gasteiger partial charge in [0.15, 0.2) is 17.5 Å². The topological polar surface area (TPSA) is 84.2 Å². The summed E-state index contributed by atoms with van der Waals surface area (Å²) in [6.45, 7) is 3.16. The van der Waals surface area contributed by atoms with Crippen LogP contribution in [-0.2, 0) is 10.5 Å². The Morgan fingerprint density at radius 1 is 1.06 bits per heavy atom. The van der Waals surface area contributed by atoms with E-state index in [1.165, 1.54) is 11.8 Å². The number of aryl methyl sites for hydroxylation is 2. The van der Waals surface area contributed by atoms with Crippen LogP contribution < -0.4 is 10.6 Å². The van der Waals surface area contributed by atoms with Crippen molar-refractivity contribution in [3.05, 3.63) is 76.4 Å². The SMILES string of the molecule is Cc1noc(C)c1CSc1ccccc1C(=O)NCC(=O)Nc1ccc(F)c(F)c1F. The van der Waals surface area contributed by atoms with Crippen LogP contribution in [0.15, 0.2) is 45.8 Å². The lowest BCUT2D eigenvalue weighted by atomic mass is 10.2. The molecule has 1 heterocycles. The third-order valence-electron chi connectivity index (χ3n) is 4.40. The lowest BCUT2D eigenvalue weighted by molar-refractivity contribution is -0.115. The first-order valence-electron chi connectivity index (χ1n) is 9.13. The first-order chi connectivity index (χ1) is 14.8. The van der Waals surface area contributed by atoms with E-state index in [9.17, 15) is 22.8 Å². The zero-order valence-corrected chi connectivity index (χ0v) is 17.4. The van der Waals surface area contributed by atoms with Crippen molar-refractivity contribution in [1.29, 1.82) is 0 Å². The molecule has 0 saturated carbocycles. The maximum atomic E-state index is 13.7. The molecule has 162 valence electrons. The maximum absolute atomic E-state index is 13.7. The molecule has 0 atom stereocenters. The molecule has 2 amide bonds. The molecule has 0 saturated heterocycles. The number of halogens is 3. The molecule has 0 bridgehead atoms. The molecule has 6 nitrogen and oxygen atoms in total. The average Bonchev–Trinajstić information content (AvgIpc) is 3.08. The van der Waals surface area contributed by atoms with Crippen molar-refractivity contribution in [2.24, 2.45) is 0 Å². The highest BCUT2D eigenvalue weighted by Crippen LogP contribution is 2.28. The summed E-state index contributed by atoms with van der Waals surface area (Å²) in [6.07, 6.45) is 0. The zero-order chi connectivity index (χ0) is 22.5. The Morgan fingerprint density at radius 2 is 1.81 bits per heavy atom. The summed E-state index contributed by atoms with van der Waals surface area (Å²) < 4.78 is 45.0. The van der Waals surface area contributed by atoms with E-state index in [2.05, 4.69) is 15.8 Å². The first kappa shape index (κ1) is 22.4. The summed E-state index contributed by atoms with van der Waals surface area (Å²) in [5.41, 5.74) is 1.54. The van der Waals surface area contributed by atoms with Gasteiger partial charge in [-0.3, -0.25) is 9.59 Å². The largest absolute Gasteiger partial charge is 0.361 e. The van der Waals surface area contributed by atoms with Crippen molar-refractivity contribution < 1.29 is 27.3 Å². The molecule has 0 spiro atoms. The number of anilines is 1. The molecule has 0 unspecified atom stereocenters. The molecular weight excluding hydrogens is 431 g/mol. The second-order valence-corrected chi connectivity index (χ2v) is 7.56. The molecule has 1 aromatic heterocycles. The van der Waals surface area contributed by atoms with Gasteiger partial charge in [-0.15, -0.1) is 11.8 Å². The van der Waals surface area contributed by atoms with Gasteiger partial charge in [0.05, 0.1) is 23.5 Å². The lowest BCUT2D eigenvalue weighted by Crippen LogP contribution is -2.33. The Morgan fingerprint density at radius 3 is 2.52 bits per heavy atom. The Bertz CT molecular complexity index is 1110. The third kappa shape index (κ3) is 5.26. The minimum atomic E-state index is -1.69. The van der Waals surface area contributed by atoms with Crippen LogP contribution >= 0.6 is 11.8 Å². The zero-order valence-electron chi connectivity index (χ0n) is 16.6. The fraction of sp³-hybridized carbons (Fsp3) is 0.190. The Labute approximate surface area is 180 Å². The number of thioether (sulfide) groups is 1. The molecule has 0 aliphatic carbocycles. The van der Waals surface area contributed by atoms with Gasteiger partial charge in [-0.2, -0.15) is 0 Å². The van der Waals surface area contributed by atoms with Gasteiger partial charge in [-0.1, -0.05) is 17.3 Å². The highest BCUT2D eigenvalue weighted by molar-refractivity contribution is 7.98. The molecule has 0 aliphatic rings. The number of carbonyl (C=O) groups is 2. The van der Waals surface area contributed by atoms with Crippen molar-refractivity contribution >= 4 is 29.3 Å². The van der Waals surface area contributed by atoms with Gasteiger partial charge in [0.2, 0.25) is 5.91 Å². The summed E-state index contributed by atoms with van der Waals surface area (Å²) in [5.74, 6) is -4.63. The Kier molecular flexibility index (Phi) is 7.01. The summed E-state index contributed by atoms with van der Waals surface area (Å²) in [5, 5.41) is 8.44. The minimum absolute atomic E-state index is 0.353. The molecular formula is C21H18F3N3O3S. The molecule has 0 fully saturated rings. The second-order valence-electron chi connectivity index (χ2n) is 6.54. The van der Waals surface area contributed by atoms with Crippen LogP contribution in [0, 0.1) is 31.3 Å².